The molecule has 3 N–H and O–H groups in total. The Balaban J connectivity index is 1.07. The predicted molar refractivity (Wildman–Crippen MR) is 192 cm³/mol. The van der Waals surface area contributed by atoms with E-state index in [0.29, 0.717) is 50.5 Å². The van der Waals surface area contributed by atoms with E-state index in [4.69, 9.17) is 4.74 Å². The van der Waals surface area contributed by atoms with Crippen LogP contribution in [0.3, 0.4) is 0 Å². The number of unbranched alkanes of at least 4 members (excludes halogenated alkanes) is 1. The van der Waals surface area contributed by atoms with E-state index < -0.39 is 22.9 Å². The SMILES string of the molecule is CCc1cc(CNc2cc(=O)n(CCCCN3CCN(c4c(F)cc5c(=O)c(C(=O)O)cn(C6CC6)c5c4OC)CC3C)c(=O)[nH]2)ccc1C. The zero-order chi connectivity index (χ0) is 35.7. The minimum absolute atomic E-state index is 0.00168. The molecule has 0 spiro atoms. The molecule has 12 nitrogen and oxygen atoms in total. The van der Waals surface area contributed by atoms with Gasteiger partial charge in [0.15, 0.2) is 11.6 Å². The molecule has 0 radical (unpaired) electrons. The van der Waals surface area contributed by atoms with Crippen LogP contribution in [0.25, 0.3) is 10.9 Å². The Bertz CT molecular complexity index is 2070. The molecule has 266 valence electrons. The number of piperazine rings is 1. The second-order valence-corrected chi connectivity index (χ2v) is 13.4. The lowest BCUT2D eigenvalue weighted by Gasteiger charge is -2.41. The summed E-state index contributed by atoms with van der Waals surface area (Å²) in [5.41, 5.74) is 2.35. The number of aromatic carboxylic acids is 1. The van der Waals surface area contributed by atoms with Gasteiger partial charge in [-0.1, -0.05) is 25.1 Å². The summed E-state index contributed by atoms with van der Waals surface area (Å²) in [5.74, 6) is -1.35. The molecular weight excluding hydrogens is 643 g/mol. The number of pyridine rings is 1. The number of methoxy groups -OCH3 is 1. The summed E-state index contributed by atoms with van der Waals surface area (Å²) < 4.78 is 24.6. The van der Waals surface area contributed by atoms with Crippen molar-refractivity contribution in [2.75, 3.05) is 43.5 Å². The molecule has 0 amide bonds. The maximum absolute atomic E-state index is 15.8. The zero-order valence-corrected chi connectivity index (χ0v) is 29.1. The number of nitrogens with one attached hydrogen (secondary N) is 2. The van der Waals surface area contributed by atoms with Gasteiger partial charge in [0.25, 0.3) is 5.56 Å². The molecular formula is C37H45FN6O6. The molecule has 1 saturated carbocycles. The van der Waals surface area contributed by atoms with E-state index in [-0.39, 0.29) is 40.0 Å². The summed E-state index contributed by atoms with van der Waals surface area (Å²) in [7, 11) is 1.44. The number of hydrogen-bond acceptors (Lipinski definition) is 8. The highest BCUT2D eigenvalue weighted by Gasteiger charge is 2.33. The van der Waals surface area contributed by atoms with Crippen molar-refractivity contribution in [1.82, 2.24) is 19.0 Å². The van der Waals surface area contributed by atoms with E-state index >= 15 is 4.39 Å². The molecule has 2 fully saturated rings. The number of benzene rings is 2. The van der Waals surface area contributed by atoms with Gasteiger partial charge in [0.05, 0.1) is 18.0 Å². The summed E-state index contributed by atoms with van der Waals surface area (Å²) in [6, 6.07) is 8.90. The van der Waals surface area contributed by atoms with Crippen molar-refractivity contribution in [3.63, 3.8) is 0 Å². The average Bonchev–Trinajstić information content (AvgIpc) is 3.93. The van der Waals surface area contributed by atoms with Crippen molar-refractivity contribution >= 4 is 28.4 Å². The van der Waals surface area contributed by atoms with Crippen molar-refractivity contribution in [1.29, 1.82) is 0 Å². The van der Waals surface area contributed by atoms with Crippen LogP contribution >= 0.6 is 0 Å². The highest BCUT2D eigenvalue weighted by Crippen LogP contribution is 2.44. The predicted octanol–water partition coefficient (Wildman–Crippen LogP) is 4.51. The van der Waals surface area contributed by atoms with Crippen LogP contribution < -0.4 is 31.6 Å². The monoisotopic (exact) mass is 688 g/mol. The van der Waals surface area contributed by atoms with Gasteiger partial charge in [-0.15, -0.1) is 0 Å². The first kappa shape index (κ1) is 34.9. The minimum atomic E-state index is -1.34. The fraction of sp³-hybridized carbons (Fsp3) is 0.459. The molecule has 50 heavy (non-hydrogen) atoms. The van der Waals surface area contributed by atoms with E-state index in [2.05, 4.69) is 48.1 Å². The number of H-pyrrole nitrogens is 1. The number of aromatic nitrogens is 3. The van der Waals surface area contributed by atoms with E-state index in [1.807, 2.05) is 11.0 Å². The molecule has 13 heteroatoms. The molecule has 6 rings (SSSR count). The first-order valence-corrected chi connectivity index (χ1v) is 17.3. The molecule has 1 unspecified atom stereocenters. The second kappa shape index (κ2) is 14.5. The van der Waals surface area contributed by atoms with Crippen molar-refractivity contribution in [3.05, 3.63) is 95.7 Å². The fourth-order valence-electron chi connectivity index (χ4n) is 7.08. The number of halogens is 1. The maximum atomic E-state index is 15.8. The molecule has 1 aliphatic carbocycles. The van der Waals surface area contributed by atoms with Crippen molar-refractivity contribution in [2.24, 2.45) is 0 Å². The lowest BCUT2D eigenvalue weighted by molar-refractivity contribution is 0.0694. The molecule has 2 aliphatic rings. The largest absolute Gasteiger partial charge is 0.492 e. The maximum Gasteiger partial charge on any atom is 0.341 e. The van der Waals surface area contributed by atoms with Crippen LogP contribution in [0.4, 0.5) is 15.9 Å². The van der Waals surface area contributed by atoms with Gasteiger partial charge in [0, 0.05) is 57.1 Å². The third kappa shape index (κ3) is 7.05. The first-order chi connectivity index (χ1) is 24.0. The third-order valence-corrected chi connectivity index (χ3v) is 10.0. The van der Waals surface area contributed by atoms with Gasteiger partial charge >= 0.3 is 11.7 Å². The Hall–Kier alpha value is -4.91. The van der Waals surface area contributed by atoms with Crippen molar-refractivity contribution < 1.29 is 19.0 Å². The number of aromatic amines is 1. The van der Waals surface area contributed by atoms with Crippen LogP contribution in [0.15, 0.2) is 50.9 Å². The molecule has 2 aromatic heterocycles. The molecule has 1 saturated heterocycles. The van der Waals surface area contributed by atoms with Gasteiger partial charge in [-0.25, -0.2) is 14.0 Å². The number of hydrogen-bond donors (Lipinski definition) is 3. The number of rotatable bonds is 13. The van der Waals surface area contributed by atoms with Crippen molar-refractivity contribution in [2.45, 2.75) is 78.0 Å². The Morgan fingerprint density at radius 2 is 1.86 bits per heavy atom. The lowest BCUT2D eigenvalue weighted by Crippen LogP contribution is -2.52. The first-order valence-electron chi connectivity index (χ1n) is 17.3. The van der Waals surface area contributed by atoms with Crippen LogP contribution in [0.2, 0.25) is 0 Å². The smallest absolute Gasteiger partial charge is 0.341 e. The highest BCUT2D eigenvalue weighted by atomic mass is 19.1. The quantitative estimate of drug-likeness (QED) is 0.173. The number of anilines is 2. The minimum Gasteiger partial charge on any atom is -0.492 e. The summed E-state index contributed by atoms with van der Waals surface area (Å²) in [6.07, 6.45) is 5.36. The van der Waals surface area contributed by atoms with Gasteiger partial charge < -0.3 is 24.6 Å². The number of ether oxygens (including phenoxy) is 1. The fourth-order valence-corrected chi connectivity index (χ4v) is 7.08. The van der Waals surface area contributed by atoms with E-state index in [0.717, 1.165) is 43.9 Å². The molecule has 4 aromatic rings. The van der Waals surface area contributed by atoms with Crippen LogP contribution in [0.1, 0.15) is 72.6 Å². The van der Waals surface area contributed by atoms with Crippen LogP contribution in [-0.2, 0) is 19.5 Å². The van der Waals surface area contributed by atoms with E-state index in [1.54, 1.807) is 4.57 Å². The molecule has 0 bridgehead atoms. The Kier molecular flexibility index (Phi) is 10.1. The van der Waals surface area contributed by atoms with Crippen molar-refractivity contribution in [3.8, 4) is 5.75 Å². The van der Waals surface area contributed by atoms with Gasteiger partial charge in [0.1, 0.15) is 17.1 Å². The summed E-state index contributed by atoms with van der Waals surface area (Å²) in [4.78, 5) is 57.5. The Morgan fingerprint density at radius 1 is 1.10 bits per heavy atom. The normalized spacial score (nSPS) is 16.6. The summed E-state index contributed by atoms with van der Waals surface area (Å²) in [6.45, 7) is 9.47. The Morgan fingerprint density at radius 3 is 2.52 bits per heavy atom. The molecule has 1 aliphatic heterocycles. The van der Waals surface area contributed by atoms with E-state index in [9.17, 15) is 24.3 Å². The van der Waals surface area contributed by atoms with Gasteiger partial charge in [-0.05, 0) is 75.3 Å². The average molecular weight is 689 g/mol. The van der Waals surface area contributed by atoms with Gasteiger partial charge in [0.2, 0.25) is 5.43 Å². The number of carbonyl (C=O) groups is 1. The Labute approximate surface area is 289 Å². The van der Waals surface area contributed by atoms with Crippen LogP contribution in [0, 0.1) is 12.7 Å². The zero-order valence-electron chi connectivity index (χ0n) is 29.1. The second-order valence-electron chi connectivity index (χ2n) is 13.4. The number of carboxylic acids is 1. The van der Waals surface area contributed by atoms with Crippen LogP contribution in [0.5, 0.6) is 5.75 Å². The highest BCUT2D eigenvalue weighted by molar-refractivity contribution is 5.97. The lowest BCUT2D eigenvalue weighted by atomic mass is 10.0. The van der Waals surface area contributed by atoms with Gasteiger partial charge in [-0.2, -0.15) is 0 Å². The third-order valence-electron chi connectivity index (χ3n) is 10.0. The van der Waals surface area contributed by atoms with Gasteiger partial charge in [-0.3, -0.25) is 24.0 Å². The van der Waals surface area contributed by atoms with E-state index in [1.165, 1.54) is 35.1 Å². The molecule has 1 atom stereocenters. The number of aryl methyl sites for hydroxylation is 2. The number of nitrogens with zero attached hydrogens (tertiary/aromatic N) is 4. The van der Waals surface area contributed by atoms with Crippen LogP contribution in [-0.4, -0.2) is 69.4 Å². The number of fused-ring (bicyclic) bond motifs is 1. The topological polar surface area (TPSA) is 142 Å². The molecule has 3 heterocycles. The number of carboxylic acid groups (broad SMARTS) is 1. The summed E-state index contributed by atoms with van der Waals surface area (Å²) in [5, 5.41) is 12.8. The summed E-state index contributed by atoms with van der Waals surface area (Å²) >= 11 is 0. The molecule has 2 aromatic carbocycles. The standard InChI is InChI=1S/C37H45FN6O6/c1-5-25-16-24(9-8-22(25)2)19-39-30-18-31(45)43(37(49)40-30)13-7-6-12-41-14-15-42(20-23(41)3)33-29(38)17-27-32(35(33)50-4)44(26-10-11-26)21-28(34(27)46)36(47)48/h8-9,16-18,21,23,26,39H,5-7,10-15,19-20H2,1-4H3,(H,40,49)(H,47,48).